The number of alkyl halides is 3. The van der Waals surface area contributed by atoms with Gasteiger partial charge in [-0.2, -0.15) is 13.2 Å². The first-order valence-electron chi connectivity index (χ1n) is 10.3. The Balaban J connectivity index is 1.95. The molecule has 33 heavy (non-hydrogen) atoms. The van der Waals surface area contributed by atoms with E-state index in [9.17, 15) is 17.6 Å². The van der Waals surface area contributed by atoms with E-state index in [1.54, 1.807) is 26.2 Å². The summed E-state index contributed by atoms with van der Waals surface area (Å²) >= 11 is 0. The van der Waals surface area contributed by atoms with Crippen molar-refractivity contribution in [1.29, 1.82) is 0 Å². The van der Waals surface area contributed by atoms with Crippen molar-refractivity contribution in [3.05, 3.63) is 53.1 Å². The molecule has 10 heteroatoms. The van der Waals surface area contributed by atoms with E-state index in [1.165, 1.54) is 19.2 Å². The average Bonchev–Trinajstić information content (AvgIpc) is 2.77. The molecule has 1 unspecified atom stereocenters. The third kappa shape index (κ3) is 5.62. The van der Waals surface area contributed by atoms with Crippen molar-refractivity contribution in [3.63, 3.8) is 0 Å². The van der Waals surface area contributed by atoms with E-state index < -0.39 is 17.6 Å². The number of aryl methyl sites for hydroxylation is 1. The molecular weight excluding hydrogens is 442 g/mol. The first-order chi connectivity index (χ1) is 15.7. The molecule has 2 aromatic carbocycles. The summed E-state index contributed by atoms with van der Waals surface area (Å²) in [5.41, 5.74) is -0.905. The highest BCUT2D eigenvalue weighted by Crippen LogP contribution is 2.35. The number of halogens is 4. The van der Waals surface area contributed by atoms with Crippen LogP contribution in [0, 0.1) is 12.7 Å². The Morgan fingerprint density at radius 2 is 1.85 bits per heavy atom. The molecule has 3 aromatic rings. The smallest absolute Gasteiger partial charge is 0.419 e. The van der Waals surface area contributed by atoms with Crippen LogP contribution >= 0.6 is 0 Å². The summed E-state index contributed by atoms with van der Waals surface area (Å²) in [6.07, 6.45) is -4.13. The minimum Gasteiger partial charge on any atom is -0.493 e. The largest absolute Gasteiger partial charge is 0.493 e. The molecule has 0 amide bonds. The lowest BCUT2D eigenvalue weighted by Crippen LogP contribution is -2.19. The molecule has 1 aromatic heterocycles. The van der Waals surface area contributed by atoms with Gasteiger partial charge in [0.15, 0.2) is 11.5 Å². The topological polar surface area (TPSA) is 65.5 Å². The van der Waals surface area contributed by atoms with Crippen LogP contribution in [0.15, 0.2) is 30.3 Å². The first-order valence-corrected chi connectivity index (χ1v) is 10.3. The van der Waals surface area contributed by atoms with Crippen LogP contribution in [-0.2, 0) is 17.5 Å². The van der Waals surface area contributed by atoms with Crippen LogP contribution in [0.5, 0.6) is 11.5 Å². The second-order valence-corrected chi connectivity index (χ2v) is 7.35. The van der Waals surface area contributed by atoms with Crippen molar-refractivity contribution < 1.29 is 31.8 Å². The van der Waals surface area contributed by atoms with E-state index in [2.05, 4.69) is 15.3 Å². The third-order valence-corrected chi connectivity index (χ3v) is 5.14. The summed E-state index contributed by atoms with van der Waals surface area (Å²) in [6.45, 7) is 3.74. The van der Waals surface area contributed by atoms with Gasteiger partial charge in [0.05, 0.1) is 24.3 Å². The molecule has 1 heterocycles. The maximum Gasteiger partial charge on any atom is 0.419 e. The lowest BCUT2D eigenvalue weighted by atomic mass is 10.1. The van der Waals surface area contributed by atoms with Gasteiger partial charge in [0.25, 0.3) is 0 Å². The normalized spacial score (nSPS) is 12.6. The summed E-state index contributed by atoms with van der Waals surface area (Å²) in [7, 11) is 3.10. The third-order valence-electron chi connectivity index (χ3n) is 5.14. The van der Waals surface area contributed by atoms with Crippen molar-refractivity contribution in [2.45, 2.75) is 39.1 Å². The molecule has 0 bridgehead atoms. The molecule has 1 N–H and O–H groups in total. The van der Waals surface area contributed by atoms with E-state index in [0.717, 1.165) is 6.42 Å². The molecule has 1 atom stereocenters. The van der Waals surface area contributed by atoms with E-state index in [1.807, 2.05) is 6.92 Å². The van der Waals surface area contributed by atoms with Crippen molar-refractivity contribution in [3.8, 4) is 11.5 Å². The fourth-order valence-corrected chi connectivity index (χ4v) is 3.31. The zero-order valence-electron chi connectivity index (χ0n) is 18.7. The van der Waals surface area contributed by atoms with Crippen molar-refractivity contribution >= 4 is 16.7 Å². The van der Waals surface area contributed by atoms with Gasteiger partial charge >= 0.3 is 6.18 Å². The monoisotopic (exact) mass is 467 g/mol. The maximum atomic E-state index is 14.4. The average molecular weight is 467 g/mol. The van der Waals surface area contributed by atoms with Crippen LogP contribution in [0.25, 0.3) is 10.9 Å². The summed E-state index contributed by atoms with van der Waals surface area (Å²) in [5, 5.41) is 3.49. The highest BCUT2D eigenvalue weighted by Gasteiger charge is 2.34. The number of rotatable bonds is 9. The number of methoxy groups -OCH3 is 2. The molecular formula is C23H25F4N3O3. The molecule has 0 saturated heterocycles. The number of ether oxygens (including phenoxy) is 3. The second-order valence-electron chi connectivity index (χ2n) is 7.35. The zero-order valence-corrected chi connectivity index (χ0v) is 18.7. The molecule has 178 valence electrons. The minimum atomic E-state index is -4.78. The number of anilines is 1. The first kappa shape index (κ1) is 24.5. The van der Waals surface area contributed by atoms with Gasteiger partial charge in [0, 0.05) is 30.7 Å². The van der Waals surface area contributed by atoms with Crippen molar-refractivity contribution in [2.24, 2.45) is 0 Å². The number of aromatic nitrogens is 2. The molecule has 0 aliphatic carbocycles. The van der Waals surface area contributed by atoms with Crippen LogP contribution in [0.3, 0.4) is 0 Å². The summed E-state index contributed by atoms with van der Waals surface area (Å²) < 4.78 is 70.2. The highest BCUT2D eigenvalue weighted by atomic mass is 19.4. The summed E-state index contributed by atoms with van der Waals surface area (Å²) in [6, 6.07) is 6.54. The number of nitrogens with one attached hydrogen (secondary N) is 1. The van der Waals surface area contributed by atoms with Crippen LogP contribution < -0.4 is 14.8 Å². The lowest BCUT2D eigenvalue weighted by Gasteiger charge is -2.18. The van der Waals surface area contributed by atoms with Crippen LogP contribution in [0.1, 0.15) is 30.3 Å². The summed E-state index contributed by atoms with van der Waals surface area (Å²) in [4.78, 5) is 8.75. The number of nitrogens with zero attached hydrogens (tertiary/aromatic N) is 2. The molecule has 0 fully saturated rings. The van der Waals surface area contributed by atoms with Gasteiger partial charge in [-0.05, 0) is 25.5 Å². The zero-order chi connectivity index (χ0) is 24.2. The second kappa shape index (κ2) is 10.2. The Labute approximate surface area is 188 Å². The van der Waals surface area contributed by atoms with Crippen LogP contribution in [0.4, 0.5) is 23.4 Å². The Hall–Kier alpha value is -3.14. The molecule has 0 aliphatic rings. The van der Waals surface area contributed by atoms with E-state index >= 15 is 0 Å². The fourth-order valence-electron chi connectivity index (χ4n) is 3.31. The molecule has 0 radical (unpaired) electrons. The Morgan fingerprint density at radius 3 is 2.48 bits per heavy atom. The summed E-state index contributed by atoms with van der Waals surface area (Å²) in [5.74, 6) is 0.336. The fraction of sp³-hybridized carbons (Fsp3) is 0.391. The van der Waals surface area contributed by atoms with Gasteiger partial charge in [-0.25, -0.2) is 14.4 Å². The van der Waals surface area contributed by atoms with Gasteiger partial charge in [0.1, 0.15) is 24.1 Å². The Kier molecular flexibility index (Phi) is 7.57. The lowest BCUT2D eigenvalue weighted by molar-refractivity contribution is -0.140. The van der Waals surface area contributed by atoms with E-state index in [4.69, 9.17) is 14.2 Å². The van der Waals surface area contributed by atoms with Gasteiger partial charge in [-0.1, -0.05) is 19.1 Å². The number of benzene rings is 2. The van der Waals surface area contributed by atoms with Crippen LogP contribution in [-0.4, -0.2) is 36.9 Å². The molecule has 0 saturated carbocycles. The maximum absolute atomic E-state index is 14.4. The van der Waals surface area contributed by atoms with E-state index in [-0.39, 0.29) is 18.2 Å². The Bertz CT molecular complexity index is 1120. The van der Waals surface area contributed by atoms with Crippen molar-refractivity contribution in [2.75, 3.05) is 26.1 Å². The number of fused-ring (bicyclic) bond motifs is 1. The molecule has 6 nitrogen and oxygen atoms in total. The Morgan fingerprint density at radius 1 is 1.09 bits per heavy atom. The van der Waals surface area contributed by atoms with Gasteiger partial charge in [-0.3, -0.25) is 0 Å². The van der Waals surface area contributed by atoms with Crippen LogP contribution in [0.2, 0.25) is 0 Å². The van der Waals surface area contributed by atoms with E-state index in [0.29, 0.717) is 46.7 Å². The molecule has 0 spiro atoms. The van der Waals surface area contributed by atoms with Gasteiger partial charge in [-0.15, -0.1) is 0 Å². The SMILES string of the molecule is CCC(COc1cc2c(NCc3cccc(C(F)(F)F)c3F)nc(C)nc2cc1OC)OC. The highest BCUT2D eigenvalue weighted by molar-refractivity contribution is 5.91. The predicted molar refractivity (Wildman–Crippen MR) is 116 cm³/mol. The van der Waals surface area contributed by atoms with Gasteiger partial charge in [0.2, 0.25) is 0 Å². The van der Waals surface area contributed by atoms with Crippen molar-refractivity contribution in [1.82, 2.24) is 9.97 Å². The predicted octanol–water partition coefficient (Wildman–Crippen LogP) is 5.52. The minimum absolute atomic E-state index is 0.110. The van der Waals surface area contributed by atoms with Gasteiger partial charge < -0.3 is 19.5 Å². The number of hydrogen-bond donors (Lipinski definition) is 1. The quantitative estimate of drug-likeness (QED) is 0.418. The number of hydrogen-bond acceptors (Lipinski definition) is 6. The molecule has 3 rings (SSSR count). The molecule has 0 aliphatic heterocycles. The standard InChI is InChI=1S/C23H25F4N3O3/c1-5-15(31-3)12-33-20-9-16-18(10-19(20)32-4)29-13(2)30-22(16)28-11-14-7-6-8-17(21(14)24)23(25,26)27/h6-10,15H,5,11-12H2,1-4H3,(H,28,29,30).